The van der Waals surface area contributed by atoms with Crippen molar-refractivity contribution >= 4 is 5.97 Å². The van der Waals surface area contributed by atoms with E-state index in [4.69, 9.17) is 5.11 Å². The van der Waals surface area contributed by atoms with Crippen LogP contribution >= 0.6 is 0 Å². The first-order valence-corrected chi connectivity index (χ1v) is 5.30. The molecule has 0 aromatic heterocycles. The van der Waals surface area contributed by atoms with E-state index in [-0.39, 0.29) is 17.9 Å². The number of carbonyl (C=O) groups is 1. The van der Waals surface area contributed by atoms with E-state index in [9.17, 15) is 4.79 Å². The number of nitrogens with zero attached hydrogens (tertiary/aromatic N) is 1. The molecule has 2 atom stereocenters. The summed E-state index contributed by atoms with van der Waals surface area (Å²) in [6.45, 7) is 9.57. The number of aliphatic carboxylic acids is 1. The van der Waals surface area contributed by atoms with Gasteiger partial charge in [-0.25, -0.2) is 0 Å². The van der Waals surface area contributed by atoms with Crippen LogP contribution in [0.1, 0.15) is 40.5 Å². The van der Waals surface area contributed by atoms with Crippen LogP contribution in [0.4, 0.5) is 0 Å². The molecule has 3 heteroatoms. The van der Waals surface area contributed by atoms with Gasteiger partial charge < -0.3 is 5.11 Å². The second kappa shape index (κ2) is 3.89. The smallest absolute Gasteiger partial charge is 0.304 e. The van der Waals surface area contributed by atoms with Crippen molar-refractivity contribution in [3.05, 3.63) is 0 Å². The maximum atomic E-state index is 10.8. The lowest BCUT2D eigenvalue weighted by molar-refractivity contribution is -0.141. The van der Waals surface area contributed by atoms with Crippen LogP contribution in [0.3, 0.4) is 0 Å². The van der Waals surface area contributed by atoms with E-state index in [1.54, 1.807) is 0 Å². The van der Waals surface area contributed by atoms with Gasteiger partial charge >= 0.3 is 5.97 Å². The Bertz CT molecular complexity index is 220. The monoisotopic (exact) mass is 199 g/mol. The van der Waals surface area contributed by atoms with Crippen molar-refractivity contribution in [3.63, 3.8) is 0 Å². The van der Waals surface area contributed by atoms with Crippen LogP contribution in [0.25, 0.3) is 0 Å². The summed E-state index contributed by atoms with van der Waals surface area (Å²) in [4.78, 5) is 13.1. The molecule has 82 valence electrons. The van der Waals surface area contributed by atoms with E-state index >= 15 is 0 Å². The quantitative estimate of drug-likeness (QED) is 0.755. The molecule has 1 aliphatic heterocycles. The van der Waals surface area contributed by atoms with Gasteiger partial charge in [0.1, 0.15) is 0 Å². The number of hydrogen-bond donors (Lipinski definition) is 1. The SMILES string of the molecule is CC1CCN1C(CC(=O)O)C(C)(C)C. The average molecular weight is 199 g/mol. The molecule has 0 spiro atoms. The predicted molar refractivity (Wildman–Crippen MR) is 56.3 cm³/mol. The van der Waals surface area contributed by atoms with E-state index in [0.717, 1.165) is 6.54 Å². The zero-order valence-corrected chi connectivity index (χ0v) is 9.58. The summed E-state index contributed by atoms with van der Waals surface area (Å²) in [5, 5.41) is 8.88. The lowest BCUT2D eigenvalue weighted by atomic mass is 9.81. The van der Waals surface area contributed by atoms with Crippen LogP contribution in [-0.2, 0) is 4.79 Å². The molecule has 1 fully saturated rings. The van der Waals surface area contributed by atoms with Crippen LogP contribution in [0.5, 0.6) is 0 Å². The second-order valence-corrected chi connectivity index (χ2v) is 5.36. The molecule has 1 aliphatic rings. The maximum Gasteiger partial charge on any atom is 0.304 e. The largest absolute Gasteiger partial charge is 0.481 e. The van der Waals surface area contributed by atoms with Gasteiger partial charge in [-0.3, -0.25) is 9.69 Å². The molecule has 0 aromatic rings. The van der Waals surface area contributed by atoms with Gasteiger partial charge in [0.05, 0.1) is 6.42 Å². The summed E-state index contributed by atoms with van der Waals surface area (Å²) in [5.74, 6) is -0.691. The number of carboxylic acids is 1. The van der Waals surface area contributed by atoms with Gasteiger partial charge in [-0.15, -0.1) is 0 Å². The van der Waals surface area contributed by atoms with E-state index in [2.05, 4.69) is 32.6 Å². The van der Waals surface area contributed by atoms with Crippen molar-refractivity contribution in [3.8, 4) is 0 Å². The van der Waals surface area contributed by atoms with E-state index in [0.29, 0.717) is 6.04 Å². The van der Waals surface area contributed by atoms with Crippen molar-refractivity contribution < 1.29 is 9.90 Å². The van der Waals surface area contributed by atoms with Crippen LogP contribution in [0.2, 0.25) is 0 Å². The highest BCUT2D eigenvalue weighted by molar-refractivity contribution is 5.67. The highest BCUT2D eigenvalue weighted by atomic mass is 16.4. The lowest BCUT2D eigenvalue weighted by Gasteiger charge is -2.49. The van der Waals surface area contributed by atoms with Crippen molar-refractivity contribution in [2.24, 2.45) is 5.41 Å². The fourth-order valence-electron chi connectivity index (χ4n) is 2.09. The normalized spacial score (nSPS) is 25.6. The Morgan fingerprint density at radius 3 is 2.36 bits per heavy atom. The van der Waals surface area contributed by atoms with Gasteiger partial charge in [-0.2, -0.15) is 0 Å². The van der Waals surface area contributed by atoms with Gasteiger partial charge in [-0.1, -0.05) is 20.8 Å². The molecule has 3 nitrogen and oxygen atoms in total. The number of rotatable bonds is 3. The number of hydrogen-bond acceptors (Lipinski definition) is 2. The Morgan fingerprint density at radius 2 is 2.14 bits per heavy atom. The third kappa shape index (κ3) is 2.47. The molecule has 1 N–H and O–H groups in total. The summed E-state index contributed by atoms with van der Waals surface area (Å²) in [5.41, 5.74) is 0.0487. The van der Waals surface area contributed by atoms with E-state index in [1.165, 1.54) is 6.42 Å². The third-order valence-corrected chi connectivity index (χ3v) is 3.14. The summed E-state index contributed by atoms with van der Waals surface area (Å²) in [6, 6.07) is 0.724. The Hall–Kier alpha value is -0.570. The molecular weight excluding hydrogens is 178 g/mol. The minimum atomic E-state index is -0.691. The van der Waals surface area contributed by atoms with Crippen LogP contribution in [0, 0.1) is 5.41 Å². The van der Waals surface area contributed by atoms with E-state index in [1.807, 2.05) is 0 Å². The van der Waals surface area contributed by atoms with Crippen molar-refractivity contribution in [1.82, 2.24) is 4.90 Å². The first kappa shape index (κ1) is 11.5. The van der Waals surface area contributed by atoms with Crippen molar-refractivity contribution in [1.29, 1.82) is 0 Å². The zero-order valence-electron chi connectivity index (χ0n) is 9.58. The van der Waals surface area contributed by atoms with Gasteiger partial charge in [-0.05, 0) is 18.8 Å². The molecule has 0 bridgehead atoms. The number of carboxylic acid groups (broad SMARTS) is 1. The minimum Gasteiger partial charge on any atom is -0.481 e. The van der Waals surface area contributed by atoms with Crippen LogP contribution in [0.15, 0.2) is 0 Å². The summed E-state index contributed by atoms with van der Waals surface area (Å²) in [6.07, 6.45) is 1.46. The molecule has 0 amide bonds. The number of likely N-dealkylation sites (tertiary alicyclic amines) is 1. The van der Waals surface area contributed by atoms with Gasteiger partial charge in [0.15, 0.2) is 0 Å². The molecule has 2 unspecified atom stereocenters. The Morgan fingerprint density at radius 1 is 1.57 bits per heavy atom. The Labute approximate surface area is 86.1 Å². The van der Waals surface area contributed by atoms with Crippen molar-refractivity contribution in [2.75, 3.05) is 6.54 Å². The van der Waals surface area contributed by atoms with Crippen LogP contribution < -0.4 is 0 Å². The molecule has 1 heterocycles. The summed E-state index contributed by atoms with van der Waals surface area (Å²) < 4.78 is 0. The standard InChI is InChI=1S/C11H21NO2/c1-8-5-6-12(8)9(7-10(13)14)11(2,3)4/h8-9H,5-7H2,1-4H3,(H,13,14). The lowest BCUT2D eigenvalue weighted by Crippen LogP contribution is -2.56. The van der Waals surface area contributed by atoms with Gasteiger partial charge in [0.2, 0.25) is 0 Å². The third-order valence-electron chi connectivity index (χ3n) is 3.14. The Balaban J connectivity index is 2.66. The van der Waals surface area contributed by atoms with Crippen LogP contribution in [-0.4, -0.2) is 34.6 Å². The maximum absolute atomic E-state index is 10.8. The topological polar surface area (TPSA) is 40.5 Å². The molecule has 14 heavy (non-hydrogen) atoms. The first-order valence-electron chi connectivity index (χ1n) is 5.30. The highest BCUT2D eigenvalue weighted by Crippen LogP contribution is 2.33. The molecular formula is C11H21NO2. The van der Waals surface area contributed by atoms with Gasteiger partial charge in [0, 0.05) is 18.6 Å². The molecule has 0 radical (unpaired) electrons. The average Bonchev–Trinajstić information content (AvgIpc) is 1.98. The first-order chi connectivity index (χ1) is 6.32. The molecule has 0 saturated carbocycles. The Kier molecular flexibility index (Phi) is 3.20. The second-order valence-electron chi connectivity index (χ2n) is 5.36. The minimum absolute atomic E-state index is 0.0487. The van der Waals surface area contributed by atoms with Crippen molar-refractivity contribution in [2.45, 2.75) is 52.6 Å². The summed E-state index contributed by atoms with van der Waals surface area (Å²) in [7, 11) is 0. The molecule has 1 saturated heterocycles. The highest BCUT2D eigenvalue weighted by Gasteiger charge is 2.38. The van der Waals surface area contributed by atoms with E-state index < -0.39 is 5.97 Å². The molecule has 0 aliphatic carbocycles. The molecule has 1 rings (SSSR count). The zero-order chi connectivity index (χ0) is 10.9. The molecule has 0 aromatic carbocycles. The van der Waals surface area contributed by atoms with Gasteiger partial charge in [0.25, 0.3) is 0 Å². The predicted octanol–water partition coefficient (Wildman–Crippen LogP) is 1.97. The fourth-order valence-corrected chi connectivity index (χ4v) is 2.09. The summed E-state index contributed by atoms with van der Waals surface area (Å²) >= 11 is 0. The fraction of sp³-hybridized carbons (Fsp3) is 0.909.